The summed E-state index contributed by atoms with van der Waals surface area (Å²) in [5.74, 6) is 1.73. The molecule has 0 aliphatic carbocycles. The molecule has 1 saturated heterocycles. The molecule has 0 atom stereocenters. The van der Waals surface area contributed by atoms with Crippen molar-refractivity contribution in [3.8, 4) is 11.5 Å². The van der Waals surface area contributed by atoms with Crippen LogP contribution in [0.15, 0.2) is 58.8 Å². The van der Waals surface area contributed by atoms with E-state index < -0.39 is 10.0 Å². The van der Waals surface area contributed by atoms with E-state index in [1.807, 2.05) is 48.5 Å². The van der Waals surface area contributed by atoms with Gasteiger partial charge in [-0.15, -0.1) is 11.8 Å². The van der Waals surface area contributed by atoms with E-state index >= 15 is 0 Å². The fourth-order valence-electron chi connectivity index (χ4n) is 3.48. The number of benzene rings is 2. The molecule has 0 aromatic heterocycles. The van der Waals surface area contributed by atoms with E-state index in [0.29, 0.717) is 50.9 Å². The first-order valence-electron chi connectivity index (χ1n) is 10.5. The Balaban J connectivity index is 1.27. The van der Waals surface area contributed by atoms with Crippen LogP contribution in [0.4, 0.5) is 0 Å². The summed E-state index contributed by atoms with van der Waals surface area (Å²) in [7, 11) is -3.51. The van der Waals surface area contributed by atoms with Crippen molar-refractivity contribution in [1.29, 1.82) is 0 Å². The molecule has 0 N–H and O–H groups in total. The summed E-state index contributed by atoms with van der Waals surface area (Å²) >= 11 is 1.44. The van der Waals surface area contributed by atoms with Crippen molar-refractivity contribution < 1.29 is 22.7 Å². The highest BCUT2D eigenvalue weighted by Crippen LogP contribution is 2.34. The maximum Gasteiger partial charge on any atom is 0.236 e. The predicted molar refractivity (Wildman–Crippen MR) is 125 cm³/mol. The van der Waals surface area contributed by atoms with Crippen LogP contribution in [0.25, 0.3) is 6.08 Å². The van der Waals surface area contributed by atoms with E-state index in [1.165, 1.54) is 21.5 Å². The fourth-order valence-corrected chi connectivity index (χ4v) is 5.48. The second-order valence-corrected chi connectivity index (χ2v) is 10.4. The first kappa shape index (κ1) is 22.7. The number of piperazine rings is 1. The van der Waals surface area contributed by atoms with Gasteiger partial charge in [0.1, 0.15) is 0 Å². The Morgan fingerprint density at radius 3 is 2.44 bits per heavy atom. The Kier molecular flexibility index (Phi) is 7.39. The van der Waals surface area contributed by atoms with Gasteiger partial charge in [-0.25, -0.2) is 8.42 Å². The number of hydrogen-bond donors (Lipinski definition) is 0. The highest BCUT2D eigenvalue weighted by Gasteiger charge is 2.27. The fraction of sp³-hybridized carbons (Fsp3) is 0.348. The average molecular weight is 475 g/mol. The molecule has 9 heteroatoms. The van der Waals surface area contributed by atoms with Gasteiger partial charge < -0.3 is 14.4 Å². The van der Waals surface area contributed by atoms with Gasteiger partial charge >= 0.3 is 0 Å². The topological polar surface area (TPSA) is 76.2 Å². The van der Waals surface area contributed by atoms with E-state index in [1.54, 1.807) is 11.0 Å². The molecular weight excluding hydrogens is 448 g/mol. The summed E-state index contributed by atoms with van der Waals surface area (Å²) in [5.41, 5.74) is 0.830. The molecule has 0 spiro atoms. The van der Waals surface area contributed by atoms with Gasteiger partial charge in [0.25, 0.3) is 0 Å². The number of hydrogen-bond acceptors (Lipinski definition) is 6. The number of sulfonamides is 1. The third-order valence-corrected chi connectivity index (χ3v) is 7.81. The van der Waals surface area contributed by atoms with Crippen LogP contribution < -0.4 is 9.47 Å². The van der Waals surface area contributed by atoms with Crippen LogP contribution in [0, 0.1) is 0 Å². The van der Waals surface area contributed by atoms with Gasteiger partial charge in [0.2, 0.25) is 15.9 Å². The van der Waals surface area contributed by atoms with Gasteiger partial charge in [0.15, 0.2) is 11.5 Å². The molecule has 0 radical (unpaired) electrons. The largest absolute Gasteiger partial charge is 0.490 e. The Morgan fingerprint density at radius 1 is 0.969 bits per heavy atom. The first-order chi connectivity index (χ1) is 15.5. The van der Waals surface area contributed by atoms with Gasteiger partial charge in [-0.3, -0.25) is 4.79 Å². The van der Waals surface area contributed by atoms with Crippen LogP contribution in [0.2, 0.25) is 0 Å². The lowest BCUT2D eigenvalue weighted by Gasteiger charge is -2.33. The number of amides is 1. The van der Waals surface area contributed by atoms with Crippen molar-refractivity contribution in [3.63, 3.8) is 0 Å². The molecule has 0 unspecified atom stereocenters. The normalized spacial score (nSPS) is 17.3. The van der Waals surface area contributed by atoms with Crippen molar-refractivity contribution in [2.75, 3.05) is 45.1 Å². The van der Waals surface area contributed by atoms with E-state index in [4.69, 9.17) is 9.47 Å². The zero-order valence-electron chi connectivity index (χ0n) is 17.7. The summed E-state index contributed by atoms with van der Waals surface area (Å²) in [4.78, 5) is 15.3. The number of carbonyl (C=O) groups is 1. The molecule has 4 rings (SSSR count). The number of carbonyl (C=O) groups excluding carboxylic acids is 1. The minimum atomic E-state index is -3.51. The lowest BCUT2D eigenvalue weighted by atomic mass is 10.2. The average Bonchev–Trinajstić information content (AvgIpc) is 3.07. The Bertz CT molecular complexity index is 1070. The van der Waals surface area contributed by atoms with Crippen molar-refractivity contribution >= 4 is 33.8 Å². The lowest BCUT2D eigenvalue weighted by molar-refractivity contribution is -0.129. The third-order valence-electron chi connectivity index (χ3n) is 5.26. The van der Waals surface area contributed by atoms with Crippen molar-refractivity contribution in [2.24, 2.45) is 0 Å². The Hall–Kier alpha value is -2.49. The standard InChI is InChI=1S/C23H26N2O5S2/c26-23(18-31-20-7-8-21-22(17-20)30-15-4-14-29-21)24-10-12-25(13-11-24)32(27,28)16-9-19-5-2-1-3-6-19/h1-3,5-9,16-17H,4,10-15,18H2. The Morgan fingerprint density at radius 2 is 1.69 bits per heavy atom. The third kappa shape index (κ3) is 5.85. The number of fused-ring (bicyclic) bond motifs is 1. The zero-order valence-corrected chi connectivity index (χ0v) is 19.3. The van der Waals surface area contributed by atoms with E-state index in [9.17, 15) is 13.2 Å². The van der Waals surface area contributed by atoms with Crippen molar-refractivity contribution in [3.05, 3.63) is 59.5 Å². The number of nitrogens with zero attached hydrogens (tertiary/aromatic N) is 2. The van der Waals surface area contributed by atoms with Gasteiger partial charge in [-0.05, 0) is 29.8 Å². The minimum Gasteiger partial charge on any atom is -0.490 e. The van der Waals surface area contributed by atoms with Crippen LogP contribution in [0.3, 0.4) is 0 Å². The smallest absolute Gasteiger partial charge is 0.236 e. The maximum absolute atomic E-state index is 12.6. The van der Waals surface area contributed by atoms with Crippen LogP contribution >= 0.6 is 11.8 Å². The first-order valence-corrected chi connectivity index (χ1v) is 13.0. The summed E-state index contributed by atoms with van der Waals surface area (Å²) in [6, 6.07) is 15.0. The number of ether oxygens (including phenoxy) is 2. The number of rotatable bonds is 6. The van der Waals surface area contributed by atoms with Gasteiger partial charge in [-0.1, -0.05) is 30.3 Å². The molecular formula is C23H26N2O5S2. The molecule has 2 aromatic rings. The minimum absolute atomic E-state index is 0.000938. The summed E-state index contributed by atoms with van der Waals surface area (Å²) in [6.45, 7) is 2.62. The molecule has 2 aliphatic rings. The van der Waals surface area contributed by atoms with Crippen molar-refractivity contribution in [1.82, 2.24) is 9.21 Å². The highest BCUT2D eigenvalue weighted by molar-refractivity contribution is 8.00. The molecule has 0 saturated carbocycles. The molecule has 2 aromatic carbocycles. The second-order valence-electron chi connectivity index (χ2n) is 7.49. The summed E-state index contributed by atoms with van der Waals surface area (Å²) in [6.07, 6.45) is 2.44. The van der Waals surface area contributed by atoms with Gasteiger partial charge in [0.05, 0.1) is 19.0 Å². The lowest BCUT2D eigenvalue weighted by Crippen LogP contribution is -2.50. The molecule has 1 amide bonds. The van der Waals surface area contributed by atoms with Crippen LogP contribution in [0.1, 0.15) is 12.0 Å². The van der Waals surface area contributed by atoms with E-state index in [0.717, 1.165) is 22.6 Å². The van der Waals surface area contributed by atoms with Gasteiger partial charge in [-0.2, -0.15) is 4.31 Å². The highest BCUT2D eigenvalue weighted by atomic mass is 32.2. The molecule has 2 aliphatic heterocycles. The predicted octanol–water partition coefficient (Wildman–Crippen LogP) is 3.08. The molecule has 7 nitrogen and oxygen atoms in total. The summed E-state index contributed by atoms with van der Waals surface area (Å²) < 4.78 is 38.0. The summed E-state index contributed by atoms with van der Waals surface area (Å²) in [5, 5.41) is 1.24. The Labute approximate surface area is 193 Å². The number of thioether (sulfide) groups is 1. The monoisotopic (exact) mass is 474 g/mol. The van der Waals surface area contributed by atoms with Crippen LogP contribution in [-0.2, 0) is 14.8 Å². The van der Waals surface area contributed by atoms with E-state index in [-0.39, 0.29) is 5.91 Å². The quantitative estimate of drug-likeness (QED) is 0.599. The maximum atomic E-state index is 12.6. The molecule has 32 heavy (non-hydrogen) atoms. The van der Waals surface area contributed by atoms with E-state index in [2.05, 4.69) is 0 Å². The van der Waals surface area contributed by atoms with Crippen LogP contribution in [0.5, 0.6) is 11.5 Å². The molecule has 2 heterocycles. The molecule has 0 bridgehead atoms. The SMILES string of the molecule is O=C(CSc1ccc2c(c1)OCCCO2)N1CCN(S(=O)(=O)C=Cc2ccccc2)CC1. The van der Waals surface area contributed by atoms with Crippen LogP contribution in [-0.4, -0.2) is 68.7 Å². The molecule has 1 fully saturated rings. The second kappa shape index (κ2) is 10.4. The van der Waals surface area contributed by atoms with Crippen molar-refractivity contribution in [2.45, 2.75) is 11.3 Å². The van der Waals surface area contributed by atoms with Gasteiger partial charge in [0, 0.05) is 42.9 Å². The molecule has 170 valence electrons. The zero-order chi connectivity index (χ0) is 22.4.